The summed E-state index contributed by atoms with van der Waals surface area (Å²) in [5.74, 6) is 0.165. The van der Waals surface area contributed by atoms with Gasteiger partial charge < -0.3 is 10.1 Å². The van der Waals surface area contributed by atoms with Crippen molar-refractivity contribution in [3.8, 4) is 5.75 Å². The summed E-state index contributed by atoms with van der Waals surface area (Å²) in [7, 11) is 0. The van der Waals surface area contributed by atoms with Gasteiger partial charge in [0.1, 0.15) is 5.75 Å². The zero-order valence-electron chi connectivity index (χ0n) is 9.95. The molecule has 0 aliphatic carbocycles. The number of imide groups is 1. The van der Waals surface area contributed by atoms with Crippen LogP contribution in [0.1, 0.15) is 12.5 Å². The van der Waals surface area contributed by atoms with E-state index in [1.165, 1.54) is 0 Å². The molecule has 0 aliphatic rings. The lowest BCUT2D eigenvalue weighted by Crippen LogP contribution is -2.41. The number of para-hydroxylation sites is 1. The van der Waals surface area contributed by atoms with Crippen molar-refractivity contribution < 1.29 is 14.3 Å². The molecule has 0 atom stereocenters. The van der Waals surface area contributed by atoms with Crippen molar-refractivity contribution in [1.82, 2.24) is 10.6 Å². The lowest BCUT2D eigenvalue weighted by atomic mass is 10.2. The molecule has 1 aromatic carbocycles. The lowest BCUT2D eigenvalue weighted by Gasteiger charge is -2.08. The molecule has 2 N–H and O–H groups in total. The Morgan fingerprint density at radius 3 is 2.65 bits per heavy atom. The van der Waals surface area contributed by atoms with Crippen LogP contribution in [0.4, 0.5) is 4.79 Å². The second-order valence-electron chi connectivity index (χ2n) is 3.46. The van der Waals surface area contributed by atoms with Crippen molar-refractivity contribution in [3.05, 3.63) is 29.8 Å². The second kappa shape index (κ2) is 6.52. The molecule has 0 heterocycles. The van der Waals surface area contributed by atoms with Gasteiger partial charge in [-0.2, -0.15) is 0 Å². The molecule has 0 fully saturated rings. The average Bonchev–Trinajstić information content (AvgIpc) is 2.28. The molecule has 1 rings (SSSR count). The number of urea groups is 1. The molecule has 5 nitrogen and oxygen atoms in total. The SMILES string of the molecule is CCNC(=O)NC(=O)COc1ccccc1C. The van der Waals surface area contributed by atoms with Gasteiger partial charge in [0.2, 0.25) is 0 Å². The van der Waals surface area contributed by atoms with E-state index in [9.17, 15) is 9.59 Å². The van der Waals surface area contributed by atoms with Crippen LogP contribution in [0, 0.1) is 6.92 Å². The summed E-state index contributed by atoms with van der Waals surface area (Å²) < 4.78 is 5.29. The third-order valence-corrected chi connectivity index (χ3v) is 2.04. The maximum absolute atomic E-state index is 11.3. The third-order valence-electron chi connectivity index (χ3n) is 2.04. The predicted molar refractivity (Wildman–Crippen MR) is 63.9 cm³/mol. The predicted octanol–water partition coefficient (Wildman–Crippen LogP) is 1.22. The number of aryl methyl sites for hydroxylation is 1. The molecule has 1 aromatic rings. The summed E-state index contributed by atoms with van der Waals surface area (Å²) in [5.41, 5.74) is 0.943. The maximum Gasteiger partial charge on any atom is 0.321 e. The quantitative estimate of drug-likeness (QED) is 0.826. The molecule has 0 bridgehead atoms. The number of hydrogen-bond donors (Lipinski definition) is 2. The zero-order valence-corrected chi connectivity index (χ0v) is 9.95. The van der Waals surface area contributed by atoms with E-state index >= 15 is 0 Å². The Morgan fingerprint density at radius 1 is 1.29 bits per heavy atom. The molecule has 0 spiro atoms. The van der Waals surface area contributed by atoms with E-state index in [0.29, 0.717) is 12.3 Å². The van der Waals surface area contributed by atoms with Crippen molar-refractivity contribution >= 4 is 11.9 Å². The first-order valence-electron chi connectivity index (χ1n) is 5.39. The van der Waals surface area contributed by atoms with Crippen LogP contribution in [0.5, 0.6) is 5.75 Å². The Kier molecular flexibility index (Phi) is 5.00. The van der Waals surface area contributed by atoms with Gasteiger partial charge in [0, 0.05) is 6.54 Å². The number of hydrogen-bond acceptors (Lipinski definition) is 3. The van der Waals surface area contributed by atoms with Crippen LogP contribution in [0.15, 0.2) is 24.3 Å². The molecule has 3 amide bonds. The summed E-state index contributed by atoms with van der Waals surface area (Å²) in [6, 6.07) is 6.86. The normalized spacial score (nSPS) is 9.53. The molecule has 5 heteroatoms. The molecule has 0 saturated carbocycles. The first kappa shape index (κ1) is 13.0. The minimum atomic E-state index is -0.508. The fraction of sp³-hybridized carbons (Fsp3) is 0.333. The van der Waals surface area contributed by atoms with Gasteiger partial charge in [-0.05, 0) is 25.5 Å². The molecular formula is C12H16N2O3. The van der Waals surface area contributed by atoms with E-state index in [-0.39, 0.29) is 6.61 Å². The number of carbonyl (C=O) groups is 2. The molecular weight excluding hydrogens is 220 g/mol. The molecule has 17 heavy (non-hydrogen) atoms. The van der Waals surface area contributed by atoms with Gasteiger partial charge in [0.05, 0.1) is 0 Å². The van der Waals surface area contributed by atoms with Gasteiger partial charge in [-0.25, -0.2) is 4.79 Å². The van der Waals surface area contributed by atoms with E-state index in [4.69, 9.17) is 4.74 Å². The highest BCUT2D eigenvalue weighted by molar-refractivity contribution is 5.94. The molecule has 0 unspecified atom stereocenters. The van der Waals surface area contributed by atoms with Crippen molar-refractivity contribution in [1.29, 1.82) is 0 Å². The zero-order chi connectivity index (χ0) is 12.7. The summed E-state index contributed by atoms with van der Waals surface area (Å²) in [6.07, 6.45) is 0. The van der Waals surface area contributed by atoms with Gasteiger partial charge >= 0.3 is 6.03 Å². The molecule has 0 radical (unpaired) electrons. The van der Waals surface area contributed by atoms with Gasteiger partial charge in [-0.3, -0.25) is 10.1 Å². The van der Waals surface area contributed by atoms with E-state index < -0.39 is 11.9 Å². The van der Waals surface area contributed by atoms with E-state index in [0.717, 1.165) is 5.56 Å². The Hall–Kier alpha value is -2.04. The van der Waals surface area contributed by atoms with Gasteiger partial charge in [-0.1, -0.05) is 18.2 Å². The van der Waals surface area contributed by atoms with Crippen LogP contribution in [-0.2, 0) is 4.79 Å². The van der Waals surface area contributed by atoms with E-state index in [2.05, 4.69) is 10.6 Å². The van der Waals surface area contributed by atoms with Crippen LogP contribution < -0.4 is 15.4 Å². The molecule has 0 aromatic heterocycles. The number of carbonyl (C=O) groups excluding carboxylic acids is 2. The highest BCUT2D eigenvalue weighted by Crippen LogP contribution is 2.15. The number of benzene rings is 1. The monoisotopic (exact) mass is 236 g/mol. The van der Waals surface area contributed by atoms with Crippen LogP contribution in [-0.4, -0.2) is 25.1 Å². The van der Waals surface area contributed by atoms with Crippen molar-refractivity contribution in [2.75, 3.05) is 13.2 Å². The summed E-state index contributed by atoms with van der Waals surface area (Å²) in [4.78, 5) is 22.3. The van der Waals surface area contributed by atoms with Gasteiger partial charge in [0.25, 0.3) is 5.91 Å². The van der Waals surface area contributed by atoms with Gasteiger partial charge in [0.15, 0.2) is 6.61 Å². The second-order valence-corrected chi connectivity index (χ2v) is 3.46. The largest absolute Gasteiger partial charge is 0.483 e. The fourth-order valence-corrected chi connectivity index (χ4v) is 1.23. The number of rotatable bonds is 4. The topological polar surface area (TPSA) is 67.4 Å². The van der Waals surface area contributed by atoms with Crippen LogP contribution in [0.3, 0.4) is 0 Å². The van der Waals surface area contributed by atoms with E-state index in [1.807, 2.05) is 25.1 Å². The van der Waals surface area contributed by atoms with Crippen LogP contribution in [0.2, 0.25) is 0 Å². The van der Waals surface area contributed by atoms with Crippen molar-refractivity contribution in [2.45, 2.75) is 13.8 Å². The van der Waals surface area contributed by atoms with Crippen LogP contribution >= 0.6 is 0 Å². The highest BCUT2D eigenvalue weighted by Gasteiger charge is 2.07. The molecule has 0 aliphatic heterocycles. The van der Waals surface area contributed by atoms with Crippen molar-refractivity contribution in [2.24, 2.45) is 0 Å². The Balaban J connectivity index is 2.38. The Bertz CT molecular complexity index is 404. The minimum Gasteiger partial charge on any atom is -0.483 e. The third kappa shape index (κ3) is 4.55. The van der Waals surface area contributed by atoms with Gasteiger partial charge in [-0.15, -0.1) is 0 Å². The molecule has 92 valence electrons. The van der Waals surface area contributed by atoms with E-state index in [1.54, 1.807) is 13.0 Å². The number of amides is 3. The standard InChI is InChI=1S/C12H16N2O3/c1-3-13-12(16)14-11(15)8-17-10-7-5-4-6-9(10)2/h4-7H,3,8H2,1-2H3,(H2,13,14,15,16). The minimum absolute atomic E-state index is 0.179. The highest BCUT2D eigenvalue weighted by atomic mass is 16.5. The first-order valence-corrected chi connectivity index (χ1v) is 5.39. The smallest absolute Gasteiger partial charge is 0.321 e. The lowest BCUT2D eigenvalue weighted by molar-refractivity contribution is -0.122. The average molecular weight is 236 g/mol. The molecule has 0 saturated heterocycles. The van der Waals surface area contributed by atoms with Crippen LogP contribution in [0.25, 0.3) is 0 Å². The fourth-order valence-electron chi connectivity index (χ4n) is 1.23. The maximum atomic E-state index is 11.3. The first-order chi connectivity index (χ1) is 8.13. The summed E-state index contributed by atoms with van der Waals surface area (Å²) >= 11 is 0. The Labute approximate surface area is 100 Å². The Morgan fingerprint density at radius 2 is 2.00 bits per heavy atom. The van der Waals surface area contributed by atoms with Crippen molar-refractivity contribution in [3.63, 3.8) is 0 Å². The number of nitrogens with one attached hydrogen (secondary N) is 2. The summed E-state index contributed by atoms with van der Waals surface area (Å²) in [6.45, 7) is 3.95. The summed E-state index contributed by atoms with van der Waals surface area (Å²) in [5, 5.41) is 4.62. The number of ether oxygens (including phenoxy) is 1.